The summed E-state index contributed by atoms with van der Waals surface area (Å²) in [5.41, 5.74) is 2.31. The lowest BCUT2D eigenvalue weighted by atomic mass is 9.78. The molecule has 0 saturated heterocycles. The van der Waals surface area contributed by atoms with Gasteiger partial charge in [0.2, 0.25) is 0 Å². The number of aryl methyl sites for hydroxylation is 1. The van der Waals surface area contributed by atoms with Crippen molar-refractivity contribution in [3.05, 3.63) is 120 Å². The molecule has 2 heterocycles. The third-order valence-electron chi connectivity index (χ3n) is 5.97. The van der Waals surface area contributed by atoms with Crippen molar-refractivity contribution in [3.8, 4) is 0 Å². The van der Waals surface area contributed by atoms with E-state index in [1.807, 2.05) is 95.7 Å². The molecule has 168 valence electrons. The summed E-state index contributed by atoms with van der Waals surface area (Å²) in [6.07, 6.45) is 2.43. The van der Waals surface area contributed by atoms with Crippen LogP contribution in [0.15, 0.2) is 106 Å². The van der Waals surface area contributed by atoms with Crippen LogP contribution in [0, 0.1) is 0 Å². The van der Waals surface area contributed by atoms with Crippen LogP contribution < -0.4 is 5.14 Å². The zero-order chi connectivity index (χ0) is 22.7. The van der Waals surface area contributed by atoms with E-state index in [1.54, 1.807) is 6.20 Å². The topological polar surface area (TPSA) is 82.5 Å². The van der Waals surface area contributed by atoms with Gasteiger partial charge < -0.3 is 4.74 Å². The molecule has 1 aliphatic heterocycles. The molecule has 0 bridgehead atoms. The Bertz CT molecular complexity index is 1250. The zero-order valence-corrected chi connectivity index (χ0v) is 19.0. The average molecular weight is 459 g/mol. The Hall–Kier alpha value is -3.26. The van der Waals surface area contributed by atoms with Crippen LogP contribution in [0.1, 0.15) is 28.8 Å². The Morgan fingerprint density at radius 2 is 1.39 bits per heavy atom. The van der Waals surface area contributed by atoms with Crippen molar-refractivity contribution in [2.75, 3.05) is 6.61 Å². The van der Waals surface area contributed by atoms with E-state index in [0.29, 0.717) is 24.7 Å². The van der Waals surface area contributed by atoms with Crippen molar-refractivity contribution < 1.29 is 8.95 Å². The maximum Gasteiger partial charge on any atom is 0.147 e. The minimum Gasteiger partial charge on any atom is -0.375 e. The zero-order valence-electron chi connectivity index (χ0n) is 18.2. The number of rotatable bonds is 5. The van der Waals surface area contributed by atoms with E-state index in [9.17, 15) is 4.21 Å². The number of hydrogen-bond acceptors (Lipinski definition) is 4. The molecule has 0 radical (unpaired) electrons. The third-order valence-corrected chi connectivity index (χ3v) is 7.49. The Labute approximate surface area is 194 Å². The summed E-state index contributed by atoms with van der Waals surface area (Å²) >= 11 is 0. The van der Waals surface area contributed by atoms with Crippen molar-refractivity contribution in [1.29, 1.82) is 0 Å². The van der Waals surface area contributed by atoms with Crippen molar-refractivity contribution >= 4 is 9.92 Å². The Kier molecular flexibility index (Phi) is 5.85. The van der Waals surface area contributed by atoms with E-state index in [1.165, 1.54) is 0 Å². The van der Waals surface area contributed by atoms with Crippen molar-refractivity contribution in [1.82, 2.24) is 9.78 Å². The highest BCUT2D eigenvalue weighted by molar-refractivity contribution is 7.91. The highest BCUT2D eigenvalue weighted by atomic mass is 32.2. The molecule has 0 spiro atoms. The fourth-order valence-electron chi connectivity index (χ4n) is 4.41. The molecule has 3 aromatic carbocycles. The second-order valence-corrected chi connectivity index (χ2v) is 9.81. The first kappa shape index (κ1) is 21.6. The van der Waals surface area contributed by atoms with Crippen molar-refractivity contribution in [2.24, 2.45) is 9.50 Å². The van der Waals surface area contributed by atoms with Crippen molar-refractivity contribution in [3.63, 3.8) is 0 Å². The maximum atomic E-state index is 14.3. The molecule has 1 aliphatic rings. The van der Waals surface area contributed by atoms with Gasteiger partial charge in [-0.25, -0.2) is 9.35 Å². The molecule has 0 aliphatic carbocycles. The number of nitrogens with two attached hydrogens (primary N) is 1. The fourth-order valence-corrected chi connectivity index (χ4v) is 5.93. The minimum atomic E-state index is -3.37. The van der Waals surface area contributed by atoms with E-state index >= 15 is 0 Å². The van der Waals surface area contributed by atoms with Gasteiger partial charge in [-0.3, -0.25) is 4.68 Å². The van der Waals surface area contributed by atoms with Gasteiger partial charge in [0.05, 0.1) is 18.5 Å². The van der Waals surface area contributed by atoms with Crippen LogP contribution >= 0.6 is 0 Å². The smallest absolute Gasteiger partial charge is 0.147 e. The Morgan fingerprint density at radius 3 is 1.91 bits per heavy atom. The molecule has 0 saturated carbocycles. The average Bonchev–Trinajstić information content (AvgIpc) is 3.14. The molecule has 6 nitrogen and oxygen atoms in total. The number of nitrogens with zero attached hydrogens (tertiary/aromatic N) is 3. The van der Waals surface area contributed by atoms with Crippen LogP contribution in [0.2, 0.25) is 0 Å². The van der Waals surface area contributed by atoms with Gasteiger partial charge in [-0.1, -0.05) is 91.0 Å². The molecule has 2 N–H and O–H groups in total. The van der Waals surface area contributed by atoms with Gasteiger partial charge in [0, 0.05) is 13.2 Å². The summed E-state index contributed by atoms with van der Waals surface area (Å²) in [4.78, 5) is 0.427. The largest absolute Gasteiger partial charge is 0.375 e. The lowest BCUT2D eigenvalue weighted by molar-refractivity contribution is 0.123. The van der Waals surface area contributed by atoms with Gasteiger partial charge in [-0.05, 0) is 23.1 Å². The van der Waals surface area contributed by atoms with E-state index in [-0.39, 0.29) is 0 Å². The van der Waals surface area contributed by atoms with Crippen LogP contribution in [-0.4, -0.2) is 20.6 Å². The highest BCUT2D eigenvalue weighted by Gasteiger charge is 2.38. The monoisotopic (exact) mass is 458 g/mol. The quantitative estimate of drug-likeness (QED) is 0.447. The van der Waals surface area contributed by atoms with E-state index in [0.717, 1.165) is 28.8 Å². The van der Waals surface area contributed by atoms with Gasteiger partial charge in [0.25, 0.3) is 0 Å². The normalized spacial score (nSPS) is 15.8. The number of benzene rings is 3. The molecule has 0 amide bonds. The van der Waals surface area contributed by atoms with Gasteiger partial charge in [0.15, 0.2) is 0 Å². The number of hydrogen-bond donors (Lipinski definition) is 1. The summed E-state index contributed by atoms with van der Waals surface area (Å²) in [6, 6.07) is 29.6. The summed E-state index contributed by atoms with van der Waals surface area (Å²) in [6.45, 7) is 1.65. The van der Waals surface area contributed by atoms with Gasteiger partial charge in [0.1, 0.15) is 20.3 Å². The first-order valence-electron chi connectivity index (χ1n) is 11.0. The molecule has 1 unspecified atom stereocenters. The van der Waals surface area contributed by atoms with E-state index in [2.05, 4.69) is 5.10 Å². The van der Waals surface area contributed by atoms with Crippen LogP contribution in [0.5, 0.6) is 0 Å². The van der Waals surface area contributed by atoms with Crippen LogP contribution in [-0.2, 0) is 33.3 Å². The van der Waals surface area contributed by atoms with Crippen LogP contribution in [0.4, 0.5) is 0 Å². The maximum absolute atomic E-state index is 14.3. The molecule has 33 heavy (non-hydrogen) atoms. The predicted molar refractivity (Wildman–Crippen MR) is 129 cm³/mol. The highest BCUT2D eigenvalue weighted by Crippen LogP contribution is 2.42. The molecule has 1 atom stereocenters. The van der Waals surface area contributed by atoms with Gasteiger partial charge in [-0.2, -0.15) is 9.46 Å². The molecule has 4 aromatic rings. The standard InChI is InChI=1S/C26H26N4O2S/c27-33(31,25-19-28-30-17-10-18-32-20-24(25)30)29-26(21-11-4-1-5-12-21,22-13-6-2-7-14-22)23-15-8-3-9-16-23/h1-9,11-16,19H,10,17-18,20H2,(H2,27,29,31). The molecular weight excluding hydrogens is 432 g/mol. The minimum absolute atomic E-state index is 0.314. The van der Waals surface area contributed by atoms with Crippen molar-refractivity contribution in [2.45, 2.75) is 30.0 Å². The van der Waals surface area contributed by atoms with E-state index < -0.39 is 15.5 Å². The summed E-state index contributed by atoms with van der Waals surface area (Å²) < 4.78 is 26.8. The molecule has 7 heteroatoms. The van der Waals surface area contributed by atoms with Crippen LogP contribution in [0.3, 0.4) is 0 Å². The molecule has 0 fully saturated rings. The predicted octanol–water partition coefficient (Wildman–Crippen LogP) is 4.50. The van der Waals surface area contributed by atoms with Gasteiger partial charge in [-0.15, -0.1) is 0 Å². The Morgan fingerprint density at radius 1 is 0.879 bits per heavy atom. The van der Waals surface area contributed by atoms with Gasteiger partial charge >= 0.3 is 0 Å². The number of ether oxygens (including phenoxy) is 1. The van der Waals surface area contributed by atoms with E-state index in [4.69, 9.17) is 14.2 Å². The molecule has 5 rings (SSSR count). The summed E-state index contributed by atoms with van der Waals surface area (Å²) in [5, 5.41) is 11.1. The molecule has 1 aromatic heterocycles. The van der Waals surface area contributed by atoms with Crippen LogP contribution in [0.25, 0.3) is 0 Å². The lowest BCUT2D eigenvalue weighted by Crippen LogP contribution is -2.31. The number of fused-ring (bicyclic) bond motifs is 1. The number of aromatic nitrogens is 2. The summed E-state index contributed by atoms with van der Waals surface area (Å²) in [7, 11) is -3.37. The first-order valence-corrected chi connectivity index (χ1v) is 12.5. The third kappa shape index (κ3) is 3.99. The molecular formula is C26H26N4O2S. The Balaban J connectivity index is 1.83. The lowest BCUT2D eigenvalue weighted by Gasteiger charge is -2.32. The second kappa shape index (κ2) is 8.94. The first-order chi connectivity index (χ1) is 16.1. The fraction of sp³-hybridized carbons (Fsp3) is 0.192. The second-order valence-electron chi connectivity index (χ2n) is 8.05. The summed E-state index contributed by atoms with van der Waals surface area (Å²) in [5.74, 6) is 0. The SMILES string of the molecule is NS(=O)(=NC(c1ccccc1)(c1ccccc1)c1ccccc1)c1cnn2c1COCCC2.